The van der Waals surface area contributed by atoms with Crippen molar-refractivity contribution in [2.75, 3.05) is 18.1 Å². The quantitative estimate of drug-likeness (QED) is 0.806. The molecule has 0 saturated heterocycles. The van der Waals surface area contributed by atoms with Crippen molar-refractivity contribution in [1.82, 2.24) is 5.32 Å². The van der Waals surface area contributed by atoms with Crippen molar-refractivity contribution in [2.45, 2.75) is 32.5 Å². The van der Waals surface area contributed by atoms with Crippen LogP contribution >= 0.6 is 0 Å². The number of alkyl carbamates (subject to hydrolysis) is 1. The predicted molar refractivity (Wildman–Crippen MR) is 111 cm³/mol. The molecule has 0 aliphatic carbocycles. The van der Waals surface area contributed by atoms with Crippen LogP contribution in [0.5, 0.6) is 0 Å². The van der Waals surface area contributed by atoms with E-state index in [1.807, 2.05) is 0 Å². The summed E-state index contributed by atoms with van der Waals surface area (Å²) in [7, 11) is 0. The second-order valence-corrected chi connectivity index (χ2v) is 7.74. The molecule has 0 radical (unpaired) electrons. The van der Waals surface area contributed by atoms with Crippen LogP contribution < -0.4 is 10.2 Å². The summed E-state index contributed by atoms with van der Waals surface area (Å²) < 4.78 is 19.9. The van der Waals surface area contributed by atoms with E-state index in [4.69, 9.17) is 4.74 Å². The fourth-order valence-electron chi connectivity index (χ4n) is 3.14. The molecular formula is C22H24FN3O4. The largest absolute Gasteiger partial charge is 0.444 e. The van der Waals surface area contributed by atoms with Gasteiger partial charge in [0.1, 0.15) is 11.4 Å². The van der Waals surface area contributed by atoms with E-state index in [1.54, 1.807) is 63.2 Å². The molecule has 0 fully saturated rings. The molecule has 8 heteroatoms. The summed E-state index contributed by atoms with van der Waals surface area (Å²) in [5, 5.41) is 12.0. The Balaban J connectivity index is 2.13. The summed E-state index contributed by atoms with van der Waals surface area (Å²) in [5.41, 5.74) is 0.618. The SMILES string of the molecule is CC(C)(C)OC(=O)NC1N=C(c2ccccc2F)c2ccccc2N(CCO)C1=O. The Morgan fingerprint density at radius 2 is 1.80 bits per heavy atom. The molecule has 2 aromatic rings. The predicted octanol–water partition coefficient (Wildman–Crippen LogP) is 2.85. The number of aliphatic imine (C=N–C) groups is 1. The Morgan fingerprint density at radius 1 is 1.17 bits per heavy atom. The molecule has 30 heavy (non-hydrogen) atoms. The summed E-state index contributed by atoms with van der Waals surface area (Å²) in [5.74, 6) is -1.07. The fourth-order valence-corrected chi connectivity index (χ4v) is 3.14. The number of nitrogens with zero attached hydrogens (tertiary/aromatic N) is 2. The molecule has 2 amide bonds. The molecule has 3 rings (SSSR count). The zero-order chi connectivity index (χ0) is 21.9. The van der Waals surface area contributed by atoms with E-state index in [0.717, 1.165) is 0 Å². The van der Waals surface area contributed by atoms with Crippen molar-refractivity contribution in [3.63, 3.8) is 0 Å². The maximum atomic E-state index is 14.6. The number of aliphatic hydroxyl groups excluding tert-OH is 1. The minimum atomic E-state index is -1.35. The number of carbonyl (C=O) groups is 2. The van der Waals surface area contributed by atoms with E-state index < -0.39 is 29.6 Å². The van der Waals surface area contributed by atoms with Gasteiger partial charge < -0.3 is 14.7 Å². The van der Waals surface area contributed by atoms with Crippen LogP contribution in [0, 0.1) is 5.82 Å². The summed E-state index contributed by atoms with van der Waals surface area (Å²) in [6.07, 6.45) is -2.18. The maximum absolute atomic E-state index is 14.6. The van der Waals surface area contributed by atoms with Crippen molar-refractivity contribution < 1.29 is 23.8 Å². The molecule has 0 aromatic heterocycles. The normalized spacial score (nSPS) is 16.4. The molecule has 1 aliphatic rings. The van der Waals surface area contributed by atoms with Crippen molar-refractivity contribution in [3.8, 4) is 0 Å². The van der Waals surface area contributed by atoms with Crippen LogP contribution in [-0.4, -0.2) is 47.7 Å². The van der Waals surface area contributed by atoms with Crippen LogP contribution in [-0.2, 0) is 9.53 Å². The number of hydrogen-bond donors (Lipinski definition) is 2. The second kappa shape index (κ2) is 8.62. The lowest BCUT2D eigenvalue weighted by Crippen LogP contribution is -2.49. The number of halogens is 1. The smallest absolute Gasteiger partial charge is 0.409 e. The lowest BCUT2D eigenvalue weighted by Gasteiger charge is -2.25. The topological polar surface area (TPSA) is 91.2 Å². The van der Waals surface area contributed by atoms with Gasteiger partial charge in [-0.3, -0.25) is 10.1 Å². The van der Waals surface area contributed by atoms with E-state index in [1.165, 1.54) is 11.0 Å². The van der Waals surface area contributed by atoms with Crippen LogP contribution in [0.1, 0.15) is 31.9 Å². The van der Waals surface area contributed by atoms with Crippen LogP contribution in [0.2, 0.25) is 0 Å². The molecule has 1 atom stereocenters. The van der Waals surface area contributed by atoms with Gasteiger partial charge in [0.25, 0.3) is 5.91 Å². The minimum Gasteiger partial charge on any atom is -0.444 e. The number of nitrogens with one attached hydrogen (secondary N) is 1. The molecule has 0 bridgehead atoms. The van der Waals surface area contributed by atoms with E-state index in [-0.39, 0.29) is 24.4 Å². The van der Waals surface area contributed by atoms with Gasteiger partial charge >= 0.3 is 6.09 Å². The first-order chi connectivity index (χ1) is 14.2. The third-order valence-corrected chi connectivity index (χ3v) is 4.31. The van der Waals surface area contributed by atoms with Crippen LogP contribution in [0.3, 0.4) is 0 Å². The summed E-state index contributed by atoms with van der Waals surface area (Å²) >= 11 is 0. The van der Waals surface area contributed by atoms with Crippen molar-refractivity contribution in [2.24, 2.45) is 4.99 Å². The number of carbonyl (C=O) groups excluding carboxylic acids is 2. The molecule has 1 unspecified atom stereocenters. The first-order valence-electron chi connectivity index (χ1n) is 9.55. The number of amides is 2. The molecule has 1 heterocycles. The van der Waals surface area contributed by atoms with Gasteiger partial charge in [-0.2, -0.15) is 0 Å². The highest BCUT2D eigenvalue weighted by molar-refractivity contribution is 6.20. The number of β-amino-alcohol motifs (C(OH)–C–C–N with tert-alkyl or cyclic N) is 1. The van der Waals surface area contributed by atoms with E-state index >= 15 is 0 Å². The highest BCUT2D eigenvalue weighted by Crippen LogP contribution is 2.29. The molecule has 2 N–H and O–H groups in total. The number of benzodiazepines with no additional fused rings is 1. The molecule has 7 nitrogen and oxygen atoms in total. The highest BCUT2D eigenvalue weighted by Gasteiger charge is 2.34. The number of anilines is 1. The summed E-state index contributed by atoms with van der Waals surface area (Å²) in [6.45, 7) is 4.78. The minimum absolute atomic E-state index is 0.0115. The summed E-state index contributed by atoms with van der Waals surface area (Å²) in [4.78, 5) is 31.3. The molecule has 0 spiro atoms. The van der Waals surface area contributed by atoms with Crippen molar-refractivity contribution in [3.05, 3.63) is 65.5 Å². The maximum Gasteiger partial charge on any atom is 0.409 e. The Hall–Kier alpha value is -3.26. The fraction of sp³-hybridized carbons (Fsp3) is 0.318. The van der Waals surface area contributed by atoms with Gasteiger partial charge in [-0.25, -0.2) is 14.2 Å². The molecular weight excluding hydrogens is 389 g/mol. The number of fused-ring (bicyclic) bond motifs is 1. The average molecular weight is 413 g/mol. The number of ether oxygens (including phenoxy) is 1. The number of benzene rings is 2. The first-order valence-corrected chi connectivity index (χ1v) is 9.55. The highest BCUT2D eigenvalue weighted by atomic mass is 19.1. The number of aliphatic hydroxyl groups is 1. The second-order valence-electron chi connectivity index (χ2n) is 7.74. The van der Waals surface area contributed by atoms with Crippen molar-refractivity contribution in [1.29, 1.82) is 0 Å². The van der Waals surface area contributed by atoms with E-state index in [0.29, 0.717) is 11.3 Å². The third kappa shape index (κ3) is 4.65. The van der Waals surface area contributed by atoms with Gasteiger partial charge in [0.2, 0.25) is 6.17 Å². The van der Waals surface area contributed by atoms with Gasteiger partial charge in [0, 0.05) is 17.7 Å². The van der Waals surface area contributed by atoms with Gasteiger partial charge in [-0.05, 0) is 39.0 Å². The van der Waals surface area contributed by atoms with Gasteiger partial charge in [0.05, 0.1) is 18.0 Å². The lowest BCUT2D eigenvalue weighted by molar-refractivity contribution is -0.120. The van der Waals surface area contributed by atoms with Crippen LogP contribution in [0.15, 0.2) is 53.5 Å². The first kappa shape index (κ1) is 21.4. The molecule has 1 aliphatic heterocycles. The zero-order valence-corrected chi connectivity index (χ0v) is 17.1. The standard InChI is InChI=1S/C22H24FN3O4/c1-22(2,3)30-21(29)25-19-20(28)26(12-13-27)17-11-7-5-9-15(17)18(24-19)14-8-4-6-10-16(14)23/h4-11,19,27H,12-13H2,1-3H3,(H,25,29). The number of rotatable bonds is 4. The molecule has 2 aromatic carbocycles. The van der Waals surface area contributed by atoms with E-state index in [9.17, 15) is 19.1 Å². The molecule has 158 valence electrons. The van der Waals surface area contributed by atoms with Crippen LogP contribution in [0.25, 0.3) is 0 Å². The van der Waals surface area contributed by atoms with E-state index in [2.05, 4.69) is 10.3 Å². The number of hydrogen-bond acceptors (Lipinski definition) is 5. The van der Waals surface area contributed by atoms with Crippen LogP contribution in [0.4, 0.5) is 14.9 Å². The summed E-state index contributed by atoms with van der Waals surface area (Å²) in [6, 6.07) is 13.0. The number of para-hydroxylation sites is 1. The zero-order valence-electron chi connectivity index (χ0n) is 17.1. The van der Waals surface area contributed by atoms with Gasteiger partial charge in [0.15, 0.2) is 0 Å². The Bertz CT molecular complexity index is 984. The Labute approximate surface area is 174 Å². The van der Waals surface area contributed by atoms with Gasteiger partial charge in [-0.1, -0.05) is 30.3 Å². The van der Waals surface area contributed by atoms with Crippen molar-refractivity contribution >= 4 is 23.4 Å². The Kier molecular flexibility index (Phi) is 6.17. The Morgan fingerprint density at radius 3 is 2.43 bits per heavy atom. The monoisotopic (exact) mass is 413 g/mol. The molecule has 0 saturated carbocycles. The third-order valence-electron chi connectivity index (χ3n) is 4.31. The lowest BCUT2D eigenvalue weighted by atomic mass is 10.00. The average Bonchev–Trinajstić information content (AvgIpc) is 2.78. The van der Waals surface area contributed by atoms with Gasteiger partial charge in [-0.15, -0.1) is 0 Å².